The van der Waals surface area contributed by atoms with E-state index in [-0.39, 0.29) is 25.7 Å². The number of rotatable bonds is 7. The summed E-state index contributed by atoms with van der Waals surface area (Å²) in [6.45, 7) is 4.38. The molecule has 0 saturated heterocycles. The Morgan fingerprint density at radius 2 is 1.34 bits per heavy atom. The van der Waals surface area contributed by atoms with Crippen LogP contribution < -0.4 is 5.19 Å². The molecule has 3 nitrogen and oxygen atoms in total. The largest absolute Gasteiger partial charge is 0.501 e. The second kappa shape index (κ2) is 17.0. The molecule has 0 bridgehead atoms. The molecule has 5 heteroatoms. The SMILES string of the molecule is [2H]C([2H])([2H])c1cc(-c2[c-]ccc3c2oc2cc(-c4ccccc4)ccc23)ncc1-c1ccccc1.[2H]C([2H])(c1ccccc1)c1cc(-c2[c-]cccc2)ncc1[Si](C)(C)C.[Ir]. The predicted octanol–water partition coefficient (Wildman–Crippen LogP) is 12.8. The van der Waals surface area contributed by atoms with Gasteiger partial charge >= 0.3 is 0 Å². The minimum Gasteiger partial charge on any atom is -0.501 e. The van der Waals surface area contributed by atoms with E-state index in [0.29, 0.717) is 28.0 Å². The topological polar surface area (TPSA) is 38.9 Å². The van der Waals surface area contributed by atoms with Gasteiger partial charge in [0.25, 0.3) is 0 Å². The first-order chi connectivity index (χ1) is 28.8. The number of fused-ring (bicyclic) bond motifs is 3. The van der Waals surface area contributed by atoms with Crippen LogP contribution >= 0.6 is 0 Å². The van der Waals surface area contributed by atoms with E-state index >= 15 is 0 Å². The molecule has 0 atom stereocenters. The van der Waals surface area contributed by atoms with Crippen molar-refractivity contribution in [2.24, 2.45) is 0 Å². The van der Waals surface area contributed by atoms with Crippen molar-refractivity contribution in [1.29, 1.82) is 0 Å². The summed E-state index contributed by atoms with van der Waals surface area (Å²) in [6.07, 6.45) is 1.94. The molecule has 9 aromatic rings. The van der Waals surface area contributed by atoms with Gasteiger partial charge in [0, 0.05) is 50.3 Å². The maximum atomic E-state index is 8.84. The first kappa shape index (κ1) is 32.5. The first-order valence-corrected chi connectivity index (χ1v) is 21.8. The van der Waals surface area contributed by atoms with E-state index in [4.69, 9.17) is 11.3 Å². The van der Waals surface area contributed by atoms with Crippen molar-refractivity contribution < 1.29 is 31.4 Å². The second-order valence-corrected chi connectivity index (χ2v) is 19.4. The van der Waals surface area contributed by atoms with Gasteiger partial charge in [-0.15, -0.1) is 54.1 Å². The summed E-state index contributed by atoms with van der Waals surface area (Å²) < 4.78 is 48.5. The fourth-order valence-corrected chi connectivity index (χ4v) is 8.11. The molecule has 0 saturated carbocycles. The average Bonchev–Trinajstić information content (AvgIpc) is 3.65. The molecule has 3 aromatic heterocycles. The monoisotopic (exact) mass is 924 g/mol. The molecule has 0 unspecified atom stereocenters. The maximum Gasteiger partial charge on any atom is 0.121 e. The molecular weight excluding hydrogens is 877 g/mol. The maximum absolute atomic E-state index is 8.84. The third-order valence-electron chi connectivity index (χ3n) is 9.53. The molecule has 0 amide bonds. The first-order valence-electron chi connectivity index (χ1n) is 20.8. The molecule has 0 aliphatic carbocycles. The summed E-state index contributed by atoms with van der Waals surface area (Å²) in [5.74, 6) is 0. The van der Waals surface area contributed by atoms with Crippen LogP contribution in [0, 0.1) is 19.0 Å². The third kappa shape index (κ3) is 8.41. The summed E-state index contributed by atoms with van der Waals surface area (Å²) in [5, 5.41) is 2.99. The molecule has 277 valence electrons. The summed E-state index contributed by atoms with van der Waals surface area (Å²) in [5.41, 5.74) is 9.45. The van der Waals surface area contributed by atoms with Crippen LogP contribution in [0.15, 0.2) is 175 Å². The van der Waals surface area contributed by atoms with Crippen LogP contribution in [-0.2, 0) is 26.5 Å². The molecule has 56 heavy (non-hydrogen) atoms. The molecule has 0 N–H and O–H groups in total. The van der Waals surface area contributed by atoms with Crippen LogP contribution in [0.2, 0.25) is 19.6 Å². The minimum atomic E-state index is -2.30. The van der Waals surface area contributed by atoms with E-state index in [2.05, 4.69) is 66.0 Å². The van der Waals surface area contributed by atoms with Crippen LogP contribution in [0.5, 0.6) is 0 Å². The van der Waals surface area contributed by atoms with Crippen LogP contribution in [0.25, 0.3) is 66.7 Å². The quantitative estimate of drug-likeness (QED) is 0.118. The normalized spacial score (nSPS) is 12.9. The Kier molecular flexibility index (Phi) is 9.86. The smallest absolute Gasteiger partial charge is 0.121 e. The number of aromatic nitrogens is 2. The van der Waals surface area contributed by atoms with Gasteiger partial charge in [-0.1, -0.05) is 151 Å². The van der Waals surface area contributed by atoms with E-state index in [1.807, 2.05) is 134 Å². The molecule has 0 fully saturated rings. The number of aryl methyl sites for hydroxylation is 1. The summed E-state index contributed by atoms with van der Waals surface area (Å²) >= 11 is 0. The van der Waals surface area contributed by atoms with E-state index in [0.717, 1.165) is 55.1 Å². The van der Waals surface area contributed by atoms with Crippen LogP contribution in [0.3, 0.4) is 0 Å². The number of hydrogen-bond acceptors (Lipinski definition) is 3. The number of pyridine rings is 2. The van der Waals surface area contributed by atoms with Crippen molar-refractivity contribution in [2.45, 2.75) is 32.9 Å². The van der Waals surface area contributed by atoms with Crippen molar-refractivity contribution in [3.8, 4) is 44.8 Å². The van der Waals surface area contributed by atoms with Crippen LogP contribution in [-0.4, -0.2) is 18.0 Å². The minimum absolute atomic E-state index is 0. The van der Waals surface area contributed by atoms with Crippen LogP contribution in [0.1, 0.15) is 23.5 Å². The van der Waals surface area contributed by atoms with Crippen LogP contribution in [0.4, 0.5) is 0 Å². The molecule has 0 aliphatic heterocycles. The Morgan fingerprint density at radius 3 is 2.04 bits per heavy atom. The van der Waals surface area contributed by atoms with Gasteiger partial charge in [-0.2, -0.15) is 0 Å². The van der Waals surface area contributed by atoms with Gasteiger partial charge in [0.05, 0.1) is 13.7 Å². The summed E-state index contributed by atoms with van der Waals surface area (Å²) in [6, 6.07) is 56.6. The molecule has 1 radical (unpaired) electrons. The van der Waals surface area contributed by atoms with Gasteiger partial charge in [0.1, 0.15) is 5.58 Å². The van der Waals surface area contributed by atoms with E-state index in [9.17, 15) is 0 Å². The number of furan rings is 1. The molecular formula is C51H42IrN2OSi-2. The van der Waals surface area contributed by atoms with Crippen molar-refractivity contribution in [2.75, 3.05) is 0 Å². The zero-order chi connectivity index (χ0) is 42.1. The van der Waals surface area contributed by atoms with Crippen molar-refractivity contribution in [1.82, 2.24) is 9.97 Å². The predicted molar refractivity (Wildman–Crippen MR) is 232 cm³/mol. The third-order valence-corrected chi connectivity index (χ3v) is 11.5. The Hall–Kier alpha value is -5.71. The van der Waals surface area contributed by atoms with E-state index in [1.165, 1.54) is 0 Å². The van der Waals surface area contributed by atoms with Gasteiger partial charge in [0.15, 0.2) is 0 Å². The Labute approximate surface area is 351 Å². The van der Waals surface area contributed by atoms with Gasteiger partial charge in [0.2, 0.25) is 0 Å². The molecule has 0 spiro atoms. The fourth-order valence-electron chi connectivity index (χ4n) is 6.72. The molecule has 0 aliphatic rings. The van der Waals surface area contributed by atoms with E-state index in [1.54, 1.807) is 12.3 Å². The zero-order valence-corrected chi connectivity index (χ0v) is 34.7. The van der Waals surface area contributed by atoms with Gasteiger partial charge < -0.3 is 14.4 Å². The van der Waals surface area contributed by atoms with Crippen molar-refractivity contribution in [3.63, 3.8) is 0 Å². The second-order valence-electron chi connectivity index (χ2n) is 14.4. The molecule has 6 aromatic carbocycles. The Bertz CT molecular complexity index is 2920. The number of hydrogen-bond donors (Lipinski definition) is 0. The molecule has 9 rings (SSSR count). The Balaban J connectivity index is 0.000000192. The van der Waals surface area contributed by atoms with Gasteiger partial charge in [-0.25, -0.2) is 0 Å². The number of benzene rings is 6. The van der Waals surface area contributed by atoms with E-state index < -0.39 is 21.3 Å². The zero-order valence-electron chi connectivity index (χ0n) is 36.3. The van der Waals surface area contributed by atoms with Crippen molar-refractivity contribution in [3.05, 3.63) is 199 Å². The number of nitrogens with zero attached hydrogens (tertiary/aromatic N) is 2. The van der Waals surface area contributed by atoms with Crippen molar-refractivity contribution >= 4 is 35.2 Å². The van der Waals surface area contributed by atoms with Gasteiger partial charge in [-0.05, 0) is 63.7 Å². The summed E-state index contributed by atoms with van der Waals surface area (Å²) in [4.78, 5) is 9.26. The fraction of sp³-hybridized carbons (Fsp3) is 0.0980. The Morgan fingerprint density at radius 1 is 0.643 bits per heavy atom. The average molecular weight is 924 g/mol. The molecule has 3 heterocycles. The van der Waals surface area contributed by atoms with Gasteiger partial charge in [-0.3, -0.25) is 0 Å². The standard InChI is InChI=1S/C30H20NO.C21H22NSi.Ir/c1-20-17-28(31-19-27(20)22-11-6-3-7-12-22)26-14-8-13-25-24-16-15-23(18-29(24)32-30(25)26)21-9-4-2-5-10-21;1-23(2,3)21-16-22-20(18-12-8-5-9-13-18)15-19(21)14-17-10-6-4-7-11-17;/h2-13,15-19H,1H3;4-12,15-16H,14H2,1-3H3;/q2*-1;/i1D3;14D2;. The summed E-state index contributed by atoms with van der Waals surface area (Å²) in [7, 11) is -1.76.